The van der Waals surface area contributed by atoms with Crippen molar-refractivity contribution in [3.05, 3.63) is 35.9 Å². The summed E-state index contributed by atoms with van der Waals surface area (Å²) in [5.41, 5.74) is 0.125. The van der Waals surface area contributed by atoms with Gasteiger partial charge < -0.3 is 10.6 Å². The molecular formula is C16H21F3N2O. The topological polar surface area (TPSA) is 41.1 Å². The van der Waals surface area contributed by atoms with E-state index in [1.54, 1.807) is 18.2 Å². The van der Waals surface area contributed by atoms with E-state index >= 15 is 0 Å². The van der Waals surface area contributed by atoms with Crippen LogP contribution in [-0.2, 0) is 4.79 Å². The zero-order valence-electron chi connectivity index (χ0n) is 12.5. The third kappa shape index (κ3) is 4.47. The molecule has 1 aliphatic rings. The molecule has 1 aromatic rings. The van der Waals surface area contributed by atoms with E-state index in [0.717, 1.165) is 19.4 Å². The number of alkyl halides is 3. The van der Waals surface area contributed by atoms with Crippen LogP contribution >= 0.6 is 0 Å². The fourth-order valence-corrected chi connectivity index (χ4v) is 2.80. The monoisotopic (exact) mass is 314 g/mol. The Balaban J connectivity index is 2.03. The maximum Gasteiger partial charge on any atom is 0.396 e. The second-order valence-electron chi connectivity index (χ2n) is 5.77. The van der Waals surface area contributed by atoms with Crippen molar-refractivity contribution >= 4 is 5.91 Å². The van der Waals surface area contributed by atoms with Crippen molar-refractivity contribution in [2.75, 3.05) is 6.54 Å². The lowest BCUT2D eigenvalue weighted by Crippen LogP contribution is -2.52. The molecule has 22 heavy (non-hydrogen) atoms. The standard InChI is InChI=1S/C16H21F3N2O/c1-11-14(8-5-9-20-11)21-15(22)10-13(16(17,18)19)12-6-3-2-4-7-12/h2-4,6-7,11,13-14,20H,5,8-10H2,1H3,(H,21,22). The Hall–Kier alpha value is -1.56. The number of nitrogens with one attached hydrogen (secondary N) is 2. The van der Waals surface area contributed by atoms with Crippen LogP contribution in [0.2, 0.25) is 0 Å². The number of benzene rings is 1. The largest absolute Gasteiger partial charge is 0.396 e. The van der Waals surface area contributed by atoms with Crippen LogP contribution in [-0.4, -0.2) is 30.7 Å². The van der Waals surface area contributed by atoms with Crippen LogP contribution in [0.3, 0.4) is 0 Å². The maximum atomic E-state index is 13.2. The summed E-state index contributed by atoms with van der Waals surface area (Å²) in [5.74, 6) is -2.31. The minimum atomic E-state index is -4.44. The molecule has 1 aromatic carbocycles. The first-order valence-electron chi connectivity index (χ1n) is 7.52. The summed E-state index contributed by atoms with van der Waals surface area (Å²) in [6.45, 7) is 2.81. The van der Waals surface area contributed by atoms with Crippen molar-refractivity contribution in [3.8, 4) is 0 Å². The first kappa shape index (κ1) is 16.8. The molecule has 2 N–H and O–H groups in total. The molecule has 1 saturated heterocycles. The van der Waals surface area contributed by atoms with Crippen molar-refractivity contribution < 1.29 is 18.0 Å². The Bertz CT molecular complexity index is 490. The Morgan fingerprint density at radius 3 is 2.64 bits per heavy atom. The van der Waals surface area contributed by atoms with E-state index in [0.29, 0.717) is 0 Å². The number of halogens is 3. The molecular weight excluding hydrogens is 293 g/mol. The van der Waals surface area contributed by atoms with Gasteiger partial charge in [-0.05, 0) is 31.9 Å². The molecule has 1 heterocycles. The molecule has 0 saturated carbocycles. The molecule has 1 aliphatic heterocycles. The van der Waals surface area contributed by atoms with Gasteiger partial charge in [-0.25, -0.2) is 0 Å². The molecule has 0 spiro atoms. The van der Waals surface area contributed by atoms with Gasteiger partial charge in [0.25, 0.3) is 0 Å². The summed E-state index contributed by atoms with van der Waals surface area (Å²) in [6, 6.07) is 7.57. The normalized spacial score (nSPS) is 23.8. The quantitative estimate of drug-likeness (QED) is 0.897. The van der Waals surface area contributed by atoms with E-state index in [1.165, 1.54) is 12.1 Å². The van der Waals surface area contributed by atoms with Crippen molar-refractivity contribution in [2.24, 2.45) is 0 Å². The van der Waals surface area contributed by atoms with Gasteiger partial charge in [0, 0.05) is 18.5 Å². The van der Waals surface area contributed by atoms with Gasteiger partial charge >= 0.3 is 6.18 Å². The second-order valence-corrected chi connectivity index (χ2v) is 5.77. The van der Waals surface area contributed by atoms with E-state index in [4.69, 9.17) is 0 Å². The molecule has 0 aromatic heterocycles. The molecule has 0 aliphatic carbocycles. The summed E-state index contributed by atoms with van der Waals surface area (Å²) in [7, 11) is 0. The van der Waals surface area contributed by atoms with E-state index in [-0.39, 0.29) is 17.6 Å². The minimum Gasteiger partial charge on any atom is -0.352 e. The average Bonchev–Trinajstić information content (AvgIpc) is 2.47. The third-order valence-electron chi connectivity index (χ3n) is 4.09. The predicted molar refractivity (Wildman–Crippen MR) is 78.5 cm³/mol. The summed E-state index contributed by atoms with van der Waals surface area (Å²) < 4.78 is 39.7. The molecule has 6 heteroatoms. The van der Waals surface area contributed by atoms with Gasteiger partial charge in [0.15, 0.2) is 0 Å². The van der Waals surface area contributed by atoms with E-state index in [1.807, 2.05) is 6.92 Å². The number of piperidine rings is 1. The van der Waals surface area contributed by atoms with Gasteiger partial charge in [-0.15, -0.1) is 0 Å². The van der Waals surface area contributed by atoms with Gasteiger partial charge in [0.2, 0.25) is 5.91 Å². The number of carbonyl (C=O) groups excluding carboxylic acids is 1. The van der Waals surface area contributed by atoms with Gasteiger partial charge in [-0.3, -0.25) is 4.79 Å². The fourth-order valence-electron chi connectivity index (χ4n) is 2.80. The molecule has 3 nitrogen and oxygen atoms in total. The molecule has 122 valence electrons. The Morgan fingerprint density at radius 1 is 1.36 bits per heavy atom. The third-order valence-corrected chi connectivity index (χ3v) is 4.09. The fraction of sp³-hybridized carbons (Fsp3) is 0.562. The van der Waals surface area contributed by atoms with Crippen LogP contribution in [0, 0.1) is 0 Å². The molecule has 1 amide bonds. The zero-order valence-corrected chi connectivity index (χ0v) is 12.5. The molecule has 3 unspecified atom stereocenters. The summed E-state index contributed by atoms with van der Waals surface area (Å²) in [4.78, 5) is 12.0. The first-order valence-corrected chi connectivity index (χ1v) is 7.52. The Kier molecular flexibility index (Phi) is 5.45. The number of hydrogen-bond acceptors (Lipinski definition) is 2. The second kappa shape index (κ2) is 7.13. The van der Waals surface area contributed by atoms with Crippen LogP contribution in [0.15, 0.2) is 30.3 Å². The van der Waals surface area contributed by atoms with Crippen molar-refractivity contribution in [1.82, 2.24) is 10.6 Å². The molecule has 2 rings (SSSR count). The average molecular weight is 314 g/mol. The molecule has 0 radical (unpaired) electrons. The van der Waals surface area contributed by atoms with E-state index in [2.05, 4.69) is 10.6 Å². The highest BCUT2D eigenvalue weighted by Crippen LogP contribution is 2.37. The Morgan fingerprint density at radius 2 is 2.05 bits per heavy atom. The summed E-state index contributed by atoms with van der Waals surface area (Å²) in [6.07, 6.45) is -3.30. The summed E-state index contributed by atoms with van der Waals surface area (Å²) >= 11 is 0. The lowest BCUT2D eigenvalue weighted by Gasteiger charge is -2.31. The lowest BCUT2D eigenvalue weighted by molar-refractivity contribution is -0.157. The lowest BCUT2D eigenvalue weighted by atomic mass is 9.94. The van der Waals surface area contributed by atoms with Gasteiger partial charge in [0.1, 0.15) is 0 Å². The highest BCUT2D eigenvalue weighted by molar-refractivity contribution is 5.77. The minimum absolute atomic E-state index is 0.0822. The van der Waals surface area contributed by atoms with Crippen molar-refractivity contribution in [1.29, 1.82) is 0 Å². The highest BCUT2D eigenvalue weighted by atomic mass is 19.4. The van der Waals surface area contributed by atoms with E-state index in [9.17, 15) is 18.0 Å². The van der Waals surface area contributed by atoms with Crippen LogP contribution in [0.4, 0.5) is 13.2 Å². The van der Waals surface area contributed by atoms with E-state index < -0.39 is 24.4 Å². The first-order chi connectivity index (χ1) is 10.4. The predicted octanol–water partition coefficient (Wildman–Crippen LogP) is 2.98. The smallest absolute Gasteiger partial charge is 0.352 e. The van der Waals surface area contributed by atoms with Crippen LogP contribution in [0.25, 0.3) is 0 Å². The molecule has 1 fully saturated rings. The van der Waals surface area contributed by atoms with Crippen LogP contribution in [0.5, 0.6) is 0 Å². The van der Waals surface area contributed by atoms with Gasteiger partial charge in [-0.1, -0.05) is 30.3 Å². The van der Waals surface area contributed by atoms with Crippen LogP contribution < -0.4 is 10.6 Å². The number of hydrogen-bond donors (Lipinski definition) is 2. The van der Waals surface area contributed by atoms with Crippen LogP contribution in [0.1, 0.15) is 37.7 Å². The molecule has 0 bridgehead atoms. The van der Waals surface area contributed by atoms with Gasteiger partial charge in [0.05, 0.1) is 5.92 Å². The van der Waals surface area contributed by atoms with Gasteiger partial charge in [-0.2, -0.15) is 13.2 Å². The van der Waals surface area contributed by atoms with Crippen molar-refractivity contribution in [2.45, 2.75) is 50.4 Å². The zero-order chi connectivity index (χ0) is 16.2. The SMILES string of the molecule is CC1NCCCC1NC(=O)CC(c1ccccc1)C(F)(F)F. The summed E-state index contributed by atoms with van der Waals surface area (Å²) in [5, 5.41) is 5.96. The number of rotatable bonds is 4. The number of amides is 1. The highest BCUT2D eigenvalue weighted by Gasteiger charge is 2.42. The maximum absolute atomic E-state index is 13.2. The number of carbonyl (C=O) groups is 1. The van der Waals surface area contributed by atoms with Crippen molar-refractivity contribution in [3.63, 3.8) is 0 Å². The Labute approximate surface area is 128 Å². The molecule has 3 atom stereocenters.